The van der Waals surface area contributed by atoms with Crippen molar-refractivity contribution in [3.8, 4) is 0 Å². The molecule has 156 valence electrons. The Labute approximate surface area is 172 Å². The van der Waals surface area contributed by atoms with E-state index >= 15 is 0 Å². The Morgan fingerprint density at radius 2 is 1.82 bits per heavy atom. The lowest BCUT2D eigenvalue weighted by molar-refractivity contribution is -0.167. The summed E-state index contributed by atoms with van der Waals surface area (Å²) >= 11 is 1.42. The second-order valence-corrected chi connectivity index (χ2v) is 11.0. The highest BCUT2D eigenvalue weighted by atomic mass is 32.2. The quantitative estimate of drug-likeness (QED) is 0.497. The monoisotopic (exact) mass is 406 g/mol. The van der Waals surface area contributed by atoms with E-state index in [-0.39, 0.29) is 23.4 Å². The summed E-state index contributed by atoms with van der Waals surface area (Å²) in [6.45, 7) is 14.5. The molecule has 0 saturated carbocycles. The van der Waals surface area contributed by atoms with Crippen molar-refractivity contribution in [1.82, 2.24) is 9.97 Å². The number of benzene rings is 1. The normalized spacial score (nSPS) is 16.0. The molecular weight excluding hydrogens is 372 g/mol. The van der Waals surface area contributed by atoms with Crippen molar-refractivity contribution in [3.05, 3.63) is 24.3 Å². The number of nitrogens with one attached hydrogen (secondary N) is 1. The molecule has 0 bridgehead atoms. The molecule has 1 heterocycles. The van der Waals surface area contributed by atoms with E-state index in [1.165, 1.54) is 11.8 Å². The highest BCUT2D eigenvalue weighted by Gasteiger charge is 2.47. The summed E-state index contributed by atoms with van der Waals surface area (Å²) < 4.78 is 5.56. The number of esters is 1. The van der Waals surface area contributed by atoms with Gasteiger partial charge in [0.25, 0.3) is 0 Å². The number of aromatic nitrogens is 2. The first-order valence-electron chi connectivity index (χ1n) is 9.75. The predicted molar refractivity (Wildman–Crippen MR) is 115 cm³/mol. The zero-order valence-corrected chi connectivity index (χ0v) is 18.9. The van der Waals surface area contributed by atoms with Gasteiger partial charge in [0.2, 0.25) is 0 Å². The molecule has 2 N–H and O–H groups in total. The minimum atomic E-state index is -0.749. The SMILES string of the molecule is CC(C)(C)CC(C)(C(=O)OCC(O)CSc1nc2ccccc2[nH]1)C(C)(C)C. The fraction of sp³-hybridized carbons (Fsp3) is 0.636. The average Bonchev–Trinajstić information content (AvgIpc) is 2.98. The van der Waals surface area contributed by atoms with Crippen molar-refractivity contribution in [3.63, 3.8) is 0 Å². The van der Waals surface area contributed by atoms with Crippen LogP contribution in [0.25, 0.3) is 11.0 Å². The molecule has 0 radical (unpaired) electrons. The summed E-state index contributed by atoms with van der Waals surface area (Å²) in [5.41, 5.74) is 0.988. The first kappa shape index (κ1) is 22.8. The lowest BCUT2D eigenvalue weighted by atomic mass is 9.61. The number of hydrogen-bond acceptors (Lipinski definition) is 5. The molecule has 0 fully saturated rings. The van der Waals surface area contributed by atoms with E-state index in [2.05, 4.69) is 51.5 Å². The number of rotatable bonds is 7. The molecule has 2 unspecified atom stereocenters. The number of thioether (sulfide) groups is 1. The third kappa shape index (κ3) is 5.74. The molecule has 0 saturated heterocycles. The molecule has 2 rings (SSSR count). The van der Waals surface area contributed by atoms with Crippen LogP contribution in [-0.4, -0.2) is 39.5 Å². The van der Waals surface area contributed by atoms with Crippen LogP contribution in [0.1, 0.15) is 54.9 Å². The summed E-state index contributed by atoms with van der Waals surface area (Å²) in [5, 5.41) is 11.0. The number of carbonyl (C=O) groups is 1. The molecule has 2 atom stereocenters. The van der Waals surface area contributed by atoms with Gasteiger partial charge in [-0.25, -0.2) is 4.98 Å². The lowest BCUT2D eigenvalue weighted by Crippen LogP contribution is -2.45. The molecule has 0 amide bonds. The molecule has 1 aromatic carbocycles. The van der Waals surface area contributed by atoms with Gasteiger partial charge in [-0.05, 0) is 36.3 Å². The zero-order valence-electron chi connectivity index (χ0n) is 18.1. The van der Waals surface area contributed by atoms with Gasteiger partial charge in [-0.1, -0.05) is 65.4 Å². The van der Waals surface area contributed by atoms with E-state index in [0.717, 1.165) is 16.2 Å². The maximum absolute atomic E-state index is 12.9. The Hall–Kier alpha value is -1.53. The fourth-order valence-electron chi connectivity index (χ4n) is 3.26. The zero-order chi connectivity index (χ0) is 21.2. The van der Waals surface area contributed by atoms with Crippen molar-refractivity contribution in [2.24, 2.45) is 16.2 Å². The van der Waals surface area contributed by atoms with Gasteiger partial charge >= 0.3 is 5.97 Å². The van der Waals surface area contributed by atoms with Crippen molar-refractivity contribution in [2.75, 3.05) is 12.4 Å². The van der Waals surface area contributed by atoms with Gasteiger partial charge in [0.1, 0.15) is 6.61 Å². The minimum absolute atomic E-state index is 0.00316. The van der Waals surface area contributed by atoms with Crippen LogP contribution < -0.4 is 0 Å². The second-order valence-electron chi connectivity index (χ2n) is 9.94. The van der Waals surface area contributed by atoms with Crippen LogP contribution in [-0.2, 0) is 9.53 Å². The Morgan fingerprint density at radius 3 is 2.39 bits per heavy atom. The van der Waals surface area contributed by atoms with E-state index < -0.39 is 11.5 Å². The molecule has 2 aromatic rings. The van der Waals surface area contributed by atoms with Gasteiger partial charge in [0.05, 0.1) is 22.6 Å². The number of para-hydroxylation sites is 2. The second kappa shape index (κ2) is 8.46. The largest absolute Gasteiger partial charge is 0.462 e. The third-order valence-corrected chi connectivity index (χ3v) is 6.19. The van der Waals surface area contributed by atoms with Crippen LogP contribution in [0.3, 0.4) is 0 Å². The molecular formula is C22H34N2O3S. The molecule has 0 aliphatic heterocycles. The first-order chi connectivity index (χ1) is 12.8. The van der Waals surface area contributed by atoms with Crippen LogP contribution in [0.15, 0.2) is 29.4 Å². The van der Waals surface area contributed by atoms with Crippen LogP contribution in [0.5, 0.6) is 0 Å². The van der Waals surface area contributed by atoms with Gasteiger partial charge < -0.3 is 14.8 Å². The highest BCUT2D eigenvalue weighted by molar-refractivity contribution is 7.99. The summed E-state index contributed by atoms with van der Waals surface area (Å²) in [6.07, 6.45) is -0.0346. The van der Waals surface area contributed by atoms with E-state index in [1.54, 1.807) is 0 Å². The van der Waals surface area contributed by atoms with E-state index in [1.807, 2.05) is 31.2 Å². The van der Waals surface area contributed by atoms with Crippen LogP contribution in [0.4, 0.5) is 0 Å². The standard InChI is InChI=1S/C22H34N2O3S/c1-20(2,3)14-22(7,21(4,5)6)18(26)27-12-15(25)13-28-19-23-16-10-8-9-11-17(16)24-19/h8-11,15,25H,12-14H2,1-7H3,(H,23,24). The number of H-pyrrole nitrogens is 1. The van der Waals surface area contributed by atoms with Crippen LogP contribution >= 0.6 is 11.8 Å². The van der Waals surface area contributed by atoms with Gasteiger partial charge in [-0.3, -0.25) is 4.79 Å². The number of hydrogen-bond donors (Lipinski definition) is 2. The number of fused-ring (bicyclic) bond motifs is 1. The maximum atomic E-state index is 12.9. The van der Waals surface area contributed by atoms with Crippen molar-refractivity contribution in [1.29, 1.82) is 0 Å². The van der Waals surface area contributed by atoms with E-state index in [9.17, 15) is 9.90 Å². The molecule has 6 heteroatoms. The number of nitrogens with zero attached hydrogens (tertiary/aromatic N) is 1. The number of aliphatic hydroxyl groups excluding tert-OH is 1. The van der Waals surface area contributed by atoms with Gasteiger partial charge in [0, 0.05) is 5.75 Å². The number of imidazole rings is 1. The Kier molecular flexibility index (Phi) is 6.87. The van der Waals surface area contributed by atoms with Gasteiger partial charge in [-0.2, -0.15) is 0 Å². The van der Waals surface area contributed by atoms with Crippen LogP contribution in [0.2, 0.25) is 0 Å². The number of carbonyl (C=O) groups excluding carboxylic acids is 1. The van der Waals surface area contributed by atoms with Crippen molar-refractivity contribution >= 4 is 28.8 Å². The van der Waals surface area contributed by atoms with Crippen LogP contribution in [0, 0.1) is 16.2 Å². The number of aromatic amines is 1. The fourth-order valence-corrected chi connectivity index (χ4v) is 4.05. The van der Waals surface area contributed by atoms with Gasteiger partial charge in [0.15, 0.2) is 5.16 Å². The Balaban J connectivity index is 1.92. The minimum Gasteiger partial charge on any atom is -0.462 e. The number of ether oxygens (including phenoxy) is 1. The van der Waals surface area contributed by atoms with Gasteiger partial charge in [-0.15, -0.1) is 0 Å². The third-order valence-electron chi connectivity index (χ3n) is 5.18. The van der Waals surface area contributed by atoms with Crippen molar-refractivity contribution in [2.45, 2.75) is 66.1 Å². The van der Waals surface area contributed by atoms with E-state index in [4.69, 9.17) is 4.74 Å². The lowest BCUT2D eigenvalue weighted by Gasteiger charge is -2.43. The number of aliphatic hydroxyl groups is 1. The summed E-state index contributed by atoms with van der Waals surface area (Å²) in [7, 11) is 0. The first-order valence-corrected chi connectivity index (χ1v) is 10.7. The van der Waals surface area contributed by atoms with E-state index in [0.29, 0.717) is 12.2 Å². The molecule has 0 spiro atoms. The van der Waals surface area contributed by atoms with Crippen molar-refractivity contribution < 1.29 is 14.6 Å². The Bertz CT molecular complexity index is 771. The molecule has 1 aromatic heterocycles. The average molecular weight is 407 g/mol. The topological polar surface area (TPSA) is 75.2 Å². The molecule has 5 nitrogen and oxygen atoms in total. The summed E-state index contributed by atoms with van der Waals surface area (Å²) in [6, 6.07) is 7.80. The predicted octanol–water partition coefficient (Wildman–Crippen LogP) is 5.05. The summed E-state index contributed by atoms with van der Waals surface area (Å²) in [5.74, 6) is 0.154. The summed E-state index contributed by atoms with van der Waals surface area (Å²) in [4.78, 5) is 20.6. The smallest absolute Gasteiger partial charge is 0.312 e. The molecule has 0 aliphatic rings. The molecule has 0 aliphatic carbocycles. The Morgan fingerprint density at radius 1 is 1.18 bits per heavy atom. The highest BCUT2D eigenvalue weighted by Crippen LogP contribution is 2.47. The molecule has 28 heavy (non-hydrogen) atoms. The maximum Gasteiger partial charge on any atom is 0.312 e.